The maximum atomic E-state index is 12.2. The van der Waals surface area contributed by atoms with Crippen LogP contribution in [0.3, 0.4) is 0 Å². The Bertz CT molecular complexity index is 652. The van der Waals surface area contributed by atoms with Gasteiger partial charge in [-0.3, -0.25) is 4.79 Å². The van der Waals surface area contributed by atoms with Crippen molar-refractivity contribution < 1.29 is 4.79 Å². The van der Waals surface area contributed by atoms with Crippen LogP contribution in [0.15, 0.2) is 39.5 Å². The number of thiophene rings is 1. The summed E-state index contributed by atoms with van der Waals surface area (Å²) >= 11 is 9.96. The Kier molecular flexibility index (Phi) is 5.50. The molecule has 2 N–H and O–H groups in total. The molecular formula is C15H15BrN2OS2. The molecule has 0 spiro atoms. The summed E-state index contributed by atoms with van der Waals surface area (Å²) in [7, 11) is 1.82. The van der Waals surface area contributed by atoms with Gasteiger partial charge in [-0.2, -0.15) is 0 Å². The predicted molar refractivity (Wildman–Crippen MR) is 94.5 cm³/mol. The van der Waals surface area contributed by atoms with E-state index in [0.717, 1.165) is 20.5 Å². The van der Waals surface area contributed by atoms with Gasteiger partial charge in [0.25, 0.3) is 0 Å². The molecule has 3 nitrogen and oxygen atoms in total. The highest BCUT2D eigenvalue weighted by molar-refractivity contribution is 9.11. The van der Waals surface area contributed by atoms with E-state index in [1.807, 2.05) is 42.8 Å². The molecule has 1 aromatic heterocycles. The number of rotatable bonds is 5. The Morgan fingerprint density at radius 1 is 1.33 bits per heavy atom. The van der Waals surface area contributed by atoms with Gasteiger partial charge in [-0.15, -0.1) is 11.3 Å². The average molecular weight is 383 g/mol. The van der Waals surface area contributed by atoms with Crippen molar-refractivity contribution in [2.45, 2.75) is 13.0 Å². The molecule has 0 aliphatic rings. The van der Waals surface area contributed by atoms with Crippen molar-refractivity contribution in [2.24, 2.45) is 5.73 Å². The summed E-state index contributed by atoms with van der Waals surface area (Å²) in [6.45, 7) is 0.617. The van der Waals surface area contributed by atoms with E-state index < -0.39 is 0 Å². The highest BCUT2D eigenvalue weighted by Crippen LogP contribution is 2.21. The summed E-state index contributed by atoms with van der Waals surface area (Å²) in [4.78, 5) is 14.3. The molecule has 1 amide bonds. The Morgan fingerprint density at radius 3 is 2.52 bits per heavy atom. The van der Waals surface area contributed by atoms with Crippen LogP contribution in [0.4, 0.5) is 0 Å². The first-order chi connectivity index (χ1) is 9.95. The summed E-state index contributed by atoms with van der Waals surface area (Å²) in [6.07, 6.45) is 0.374. The minimum atomic E-state index is 0.0837. The van der Waals surface area contributed by atoms with Crippen LogP contribution in [0.25, 0.3) is 0 Å². The monoisotopic (exact) mass is 382 g/mol. The second-order valence-corrected chi connectivity index (χ2v) is 7.48. The first-order valence-corrected chi connectivity index (χ1v) is 8.39. The largest absolute Gasteiger partial charge is 0.389 e. The molecule has 0 fully saturated rings. The van der Waals surface area contributed by atoms with Crippen LogP contribution in [0.2, 0.25) is 0 Å². The highest BCUT2D eigenvalue weighted by atomic mass is 79.9. The first-order valence-electron chi connectivity index (χ1n) is 6.31. The molecule has 6 heteroatoms. The maximum Gasteiger partial charge on any atom is 0.227 e. The van der Waals surface area contributed by atoms with E-state index in [9.17, 15) is 4.79 Å². The van der Waals surface area contributed by atoms with Crippen LogP contribution in [0, 0.1) is 0 Å². The number of thiocarbonyl (C=S) groups is 1. The average Bonchev–Trinajstić information content (AvgIpc) is 2.84. The summed E-state index contributed by atoms with van der Waals surface area (Å²) < 4.78 is 1.08. The van der Waals surface area contributed by atoms with Gasteiger partial charge in [0.2, 0.25) is 5.91 Å². The number of hydrogen-bond donors (Lipinski definition) is 1. The number of nitrogens with two attached hydrogens (primary N) is 1. The Balaban J connectivity index is 1.95. The molecule has 110 valence electrons. The lowest BCUT2D eigenvalue weighted by molar-refractivity contribution is -0.129. The van der Waals surface area contributed by atoms with E-state index >= 15 is 0 Å². The molecule has 2 aromatic rings. The van der Waals surface area contributed by atoms with Gasteiger partial charge in [0.15, 0.2) is 0 Å². The third kappa shape index (κ3) is 4.62. The molecule has 2 rings (SSSR count). The topological polar surface area (TPSA) is 46.3 Å². The van der Waals surface area contributed by atoms with Gasteiger partial charge in [0.05, 0.1) is 10.2 Å². The standard InChI is InChI=1S/C15H15BrN2OS2/c1-18(8-11-6-13(16)21-9-11)14(19)7-10-2-4-12(5-3-10)15(17)20/h2-6,9H,7-8H2,1H3,(H2,17,20). The van der Waals surface area contributed by atoms with Crippen molar-refractivity contribution in [3.8, 4) is 0 Å². The van der Waals surface area contributed by atoms with Crippen LogP contribution >= 0.6 is 39.5 Å². The molecule has 0 saturated heterocycles. The molecule has 0 unspecified atom stereocenters. The number of nitrogens with zero attached hydrogens (tertiary/aromatic N) is 1. The Hall–Kier alpha value is -1.24. The first kappa shape index (κ1) is 16.1. The van der Waals surface area contributed by atoms with Crippen LogP contribution < -0.4 is 5.73 Å². The molecule has 0 atom stereocenters. The lowest BCUT2D eigenvalue weighted by atomic mass is 10.1. The summed E-state index contributed by atoms with van der Waals surface area (Å²) in [5.41, 5.74) is 8.46. The zero-order valence-corrected chi connectivity index (χ0v) is 14.7. The van der Waals surface area contributed by atoms with Gasteiger partial charge in [0.1, 0.15) is 4.99 Å². The van der Waals surface area contributed by atoms with Crippen molar-refractivity contribution in [1.29, 1.82) is 0 Å². The number of hydrogen-bond acceptors (Lipinski definition) is 3. The van der Waals surface area contributed by atoms with Crippen molar-refractivity contribution >= 4 is 50.4 Å². The molecule has 1 aromatic carbocycles. The van der Waals surface area contributed by atoms with Crippen LogP contribution in [-0.2, 0) is 17.8 Å². The predicted octanol–water partition coefficient (Wildman–Crippen LogP) is 3.35. The van der Waals surface area contributed by atoms with Gasteiger partial charge in [-0.1, -0.05) is 36.5 Å². The molecular weight excluding hydrogens is 368 g/mol. The second-order valence-electron chi connectivity index (χ2n) is 4.75. The van der Waals surface area contributed by atoms with Gasteiger partial charge in [0, 0.05) is 19.2 Å². The zero-order chi connectivity index (χ0) is 15.4. The minimum Gasteiger partial charge on any atom is -0.389 e. The molecule has 0 aliphatic carbocycles. The van der Waals surface area contributed by atoms with Crippen LogP contribution in [-0.4, -0.2) is 22.8 Å². The summed E-state index contributed by atoms with van der Waals surface area (Å²) in [5.74, 6) is 0.0837. The van der Waals surface area contributed by atoms with Crippen LogP contribution in [0.1, 0.15) is 16.7 Å². The van der Waals surface area contributed by atoms with E-state index in [0.29, 0.717) is 18.0 Å². The highest BCUT2D eigenvalue weighted by Gasteiger charge is 2.11. The van der Waals surface area contributed by atoms with Gasteiger partial charge in [-0.25, -0.2) is 0 Å². The van der Waals surface area contributed by atoms with E-state index in [-0.39, 0.29) is 5.91 Å². The number of carbonyl (C=O) groups is 1. The fraction of sp³-hybridized carbons (Fsp3) is 0.200. The molecule has 0 bridgehead atoms. The molecule has 0 aliphatic heterocycles. The van der Waals surface area contributed by atoms with Crippen molar-refractivity contribution in [2.75, 3.05) is 7.05 Å². The number of amides is 1. The number of benzene rings is 1. The molecule has 21 heavy (non-hydrogen) atoms. The summed E-state index contributed by atoms with van der Waals surface area (Å²) in [5, 5.41) is 2.05. The quantitative estimate of drug-likeness (QED) is 0.806. The SMILES string of the molecule is CN(Cc1csc(Br)c1)C(=O)Cc1ccc(C(N)=S)cc1. The van der Waals surface area contributed by atoms with E-state index in [4.69, 9.17) is 18.0 Å². The normalized spacial score (nSPS) is 10.4. The lowest BCUT2D eigenvalue weighted by Crippen LogP contribution is -2.27. The molecule has 0 saturated carbocycles. The number of carbonyl (C=O) groups excluding carboxylic acids is 1. The van der Waals surface area contributed by atoms with E-state index in [2.05, 4.69) is 15.9 Å². The van der Waals surface area contributed by atoms with Crippen molar-refractivity contribution in [1.82, 2.24) is 4.90 Å². The van der Waals surface area contributed by atoms with Gasteiger partial charge in [-0.05, 0) is 38.5 Å². The van der Waals surface area contributed by atoms with Crippen LogP contribution in [0.5, 0.6) is 0 Å². The Labute approximate surface area is 141 Å². The number of halogens is 1. The van der Waals surface area contributed by atoms with Crippen molar-refractivity contribution in [3.05, 3.63) is 56.2 Å². The smallest absolute Gasteiger partial charge is 0.227 e. The third-order valence-corrected chi connectivity index (χ3v) is 4.85. The fourth-order valence-corrected chi connectivity index (χ4v) is 3.22. The maximum absolute atomic E-state index is 12.2. The summed E-state index contributed by atoms with van der Waals surface area (Å²) in [6, 6.07) is 9.51. The molecule has 1 heterocycles. The van der Waals surface area contributed by atoms with Crippen molar-refractivity contribution in [3.63, 3.8) is 0 Å². The second kappa shape index (κ2) is 7.15. The number of likely N-dealkylation sites (N-methyl/N-ethyl adjacent to an activating group) is 1. The molecule has 0 radical (unpaired) electrons. The van der Waals surface area contributed by atoms with E-state index in [1.165, 1.54) is 0 Å². The zero-order valence-electron chi connectivity index (χ0n) is 11.5. The van der Waals surface area contributed by atoms with Gasteiger partial charge >= 0.3 is 0 Å². The minimum absolute atomic E-state index is 0.0837. The lowest BCUT2D eigenvalue weighted by Gasteiger charge is -2.16. The Morgan fingerprint density at radius 2 is 2.00 bits per heavy atom. The fourth-order valence-electron chi connectivity index (χ4n) is 1.89. The van der Waals surface area contributed by atoms with Gasteiger partial charge < -0.3 is 10.6 Å². The van der Waals surface area contributed by atoms with E-state index in [1.54, 1.807) is 16.2 Å². The third-order valence-electron chi connectivity index (χ3n) is 3.06.